The minimum atomic E-state index is 0.0527. The van der Waals surface area contributed by atoms with Crippen LogP contribution in [-0.2, 0) is 4.79 Å². The van der Waals surface area contributed by atoms with Crippen molar-refractivity contribution >= 4 is 17.5 Å². The first-order chi connectivity index (χ1) is 7.72. The van der Waals surface area contributed by atoms with Gasteiger partial charge in [-0.2, -0.15) is 0 Å². The molecule has 5 heteroatoms. The number of likely N-dealkylation sites (tertiary alicyclic amines) is 1. The second kappa shape index (κ2) is 4.87. The second-order valence-electron chi connectivity index (χ2n) is 4.05. The van der Waals surface area contributed by atoms with Gasteiger partial charge in [0.2, 0.25) is 5.91 Å². The lowest BCUT2D eigenvalue weighted by Gasteiger charge is -2.22. The van der Waals surface area contributed by atoms with E-state index in [1.165, 1.54) is 0 Å². The van der Waals surface area contributed by atoms with Crippen LogP contribution in [-0.4, -0.2) is 28.4 Å². The maximum Gasteiger partial charge on any atom is 0.224 e. The quantitative estimate of drug-likeness (QED) is 0.764. The molecule has 0 bridgehead atoms. The van der Waals surface area contributed by atoms with Crippen LogP contribution in [0.15, 0.2) is 10.6 Å². The first-order valence-electron chi connectivity index (χ1n) is 5.51. The molecule has 2 rings (SSSR count). The molecule has 1 aliphatic heterocycles. The highest BCUT2D eigenvalue weighted by atomic mass is 35.5. The van der Waals surface area contributed by atoms with E-state index in [1.807, 2.05) is 17.9 Å². The highest BCUT2D eigenvalue weighted by Crippen LogP contribution is 2.32. The normalized spacial score (nSPS) is 20.4. The van der Waals surface area contributed by atoms with Crippen molar-refractivity contribution in [2.75, 3.05) is 12.4 Å². The average Bonchev–Trinajstić information content (AvgIpc) is 2.85. The van der Waals surface area contributed by atoms with E-state index in [9.17, 15) is 4.79 Å². The van der Waals surface area contributed by atoms with E-state index >= 15 is 0 Å². The predicted octanol–water partition coefficient (Wildman–Crippen LogP) is 2.28. The number of hydrogen-bond donors (Lipinski definition) is 0. The number of hydrogen-bond acceptors (Lipinski definition) is 3. The number of rotatable bonds is 3. The van der Waals surface area contributed by atoms with E-state index in [0.29, 0.717) is 12.3 Å². The molecule has 1 amide bonds. The molecule has 0 aliphatic carbocycles. The smallest absolute Gasteiger partial charge is 0.224 e. The summed E-state index contributed by atoms with van der Waals surface area (Å²) in [7, 11) is 0. The maximum absolute atomic E-state index is 11.8. The molecule has 0 saturated carbocycles. The van der Waals surface area contributed by atoms with Gasteiger partial charge < -0.3 is 9.42 Å². The van der Waals surface area contributed by atoms with Gasteiger partial charge in [0.05, 0.1) is 11.7 Å². The van der Waals surface area contributed by atoms with Crippen LogP contribution in [0.25, 0.3) is 0 Å². The van der Waals surface area contributed by atoms with Crippen LogP contribution in [0, 0.1) is 6.92 Å². The standard InChI is InChI=1S/C11H15ClN2O2/c1-8-7-10(16-13-8)9-3-2-6-14(9)11(15)4-5-12/h7,9H,2-6H2,1H3. The molecule has 1 atom stereocenters. The van der Waals surface area contributed by atoms with Gasteiger partial charge in [0.25, 0.3) is 0 Å². The average molecular weight is 243 g/mol. The Kier molecular flexibility index (Phi) is 3.49. The van der Waals surface area contributed by atoms with Crippen LogP contribution in [0.5, 0.6) is 0 Å². The lowest BCUT2D eigenvalue weighted by molar-refractivity contribution is -0.132. The van der Waals surface area contributed by atoms with E-state index in [0.717, 1.165) is 30.8 Å². The molecule has 16 heavy (non-hydrogen) atoms. The zero-order valence-corrected chi connectivity index (χ0v) is 10.0. The molecular weight excluding hydrogens is 228 g/mol. The molecule has 4 nitrogen and oxygen atoms in total. The number of carbonyl (C=O) groups excluding carboxylic acids is 1. The van der Waals surface area contributed by atoms with E-state index < -0.39 is 0 Å². The summed E-state index contributed by atoms with van der Waals surface area (Å²) in [4.78, 5) is 13.7. The molecule has 0 aromatic carbocycles. The highest BCUT2D eigenvalue weighted by Gasteiger charge is 2.31. The SMILES string of the molecule is Cc1cc(C2CCCN2C(=O)CCCl)on1. The van der Waals surface area contributed by atoms with Crippen LogP contribution in [0.1, 0.15) is 36.8 Å². The molecule has 88 valence electrons. The zero-order chi connectivity index (χ0) is 11.5. The third-order valence-electron chi connectivity index (χ3n) is 2.86. The monoisotopic (exact) mass is 242 g/mol. The number of carbonyl (C=O) groups is 1. The first kappa shape index (κ1) is 11.5. The van der Waals surface area contributed by atoms with Gasteiger partial charge in [0, 0.05) is 24.9 Å². The van der Waals surface area contributed by atoms with Crippen molar-refractivity contribution < 1.29 is 9.32 Å². The van der Waals surface area contributed by atoms with Crippen molar-refractivity contribution in [1.29, 1.82) is 0 Å². The number of halogens is 1. The minimum absolute atomic E-state index is 0.0527. The molecule has 1 unspecified atom stereocenters. The predicted molar refractivity (Wildman–Crippen MR) is 60.3 cm³/mol. The Morgan fingerprint density at radius 2 is 2.56 bits per heavy atom. The third-order valence-corrected chi connectivity index (χ3v) is 3.05. The molecule has 1 aromatic rings. The van der Waals surface area contributed by atoms with Gasteiger partial charge in [-0.15, -0.1) is 11.6 Å². The first-order valence-corrected chi connectivity index (χ1v) is 6.04. The molecule has 0 radical (unpaired) electrons. The topological polar surface area (TPSA) is 46.3 Å². The number of aromatic nitrogens is 1. The Morgan fingerprint density at radius 1 is 1.75 bits per heavy atom. The summed E-state index contributed by atoms with van der Waals surface area (Å²) in [5.74, 6) is 1.27. The van der Waals surface area contributed by atoms with Crippen molar-refractivity contribution in [2.24, 2.45) is 0 Å². The second-order valence-corrected chi connectivity index (χ2v) is 4.43. The van der Waals surface area contributed by atoms with Crippen LogP contribution in [0.3, 0.4) is 0 Å². The van der Waals surface area contributed by atoms with Crippen molar-refractivity contribution in [3.8, 4) is 0 Å². The fraction of sp³-hybridized carbons (Fsp3) is 0.636. The highest BCUT2D eigenvalue weighted by molar-refractivity contribution is 6.18. The van der Waals surface area contributed by atoms with Crippen molar-refractivity contribution in [3.05, 3.63) is 17.5 Å². The summed E-state index contributed by atoms with van der Waals surface area (Å²) in [6.07, 6.45) is 2.35. The van der Waals surface area contributed by atoms with Gasteiger partial charge in [0.15, 0.2) is 5.76 Å². The summed E-state index contributed by atoms with van der Waals surface area (Å²) in [5, 5.41) is 3.86. The molecular formula is C11H15ClN2O2. The summed E-state index contributed by atoms with van der Waals surface area (Å²) < 4.78 is 5.23. The molecule has 2 heterocycles. The van der Waals surface area contributed by atoms with E-state index in [4.69, 9.17) is 16.1 Å². The van der Waals surface area contributed by atoms with E-state index in [-0.39, 0.29) is 11.9 Å². The molecule has 0 N–H and O–H groups in total. The fourth-order valence-electron chi connectivity index (χ4n) is 2.13. The van der Waals surface area contributed by atoms with Crippen LogP contribution >= 0.6 is 11.6 Å². The van der Waals surface area contributed by atoms with Gasteiger partial charge in [-0.25, -0.2) is 0 Å². The van der Waals surface area contributed by atoms with Crippen molar-refractivity contribution in [1.82, 2.24) is 10.1 Å². The largest absolute Gasteiger partial charge is 0.359 e. The van der Waals surface area contributed by atoms with Crippen LogP contribution in [0.2, 0.25) is 0 Å². The lowest BCUT2D eigenvalue weighted by Crippen LogP contribution is -2.30. The fourth-order valence-corrected chi connectivity index (χ4v) is 2.29. The lowest BCUT2D eigenvalue weighted by atomic mass is 10.1. The van der Waals surface area contributed by atoms with Crippen molar-refractivity contribution in [3.63, 3.8) is 0 Å². The molecule has 1 fully saturated rings. The number of alkyl halides is 1. The van der Waals surface area contributed by atoms with Gasteiger partial charge in [-0.05, 0) is 19.8 Å². The molecule has 0 spiro atoms. The number of aryl methyl sites for hydroxylation is 1. The molecule has 1 aromatic heterocycles. The van der Waals surface area contributed by atoms with Crippen LogP contribution in [0.4, 0.5) is 0 Å². The minimum Gasteiger partial charge on any atom is -0.359 e. The van der Waals surface area contributed by atoms with E-state index in [2.05, 4.69) is 5.16 Å². The zero-order valence-electron chi connectivity index (χ0n) is 9.28. The van der Waals surface area contributed by atoms with Gasteiger partial charge >= 0.3 is 0 Å². The van der Waals surface area contributed by atoms with Gasteiger partial charge in [0.1, 0.15) is 0 Å². The maximum atomic E-state index is 11.8. The number of amides is 1. The van der Waals surface area contributed by atoms with E-state index in [1.54, 1.807) is 0 Å². The summed E-state index contributed by atoms with van der Waals surface area (Å²) in [6.45, 7) is 2.67. The Morgan fingerprint density at radius 3 is 3.19 bits per heavy atom. The summed E-state index contributed by atoms with van der Waals surface area (Å²) in [5.41, 5.74) is 0.853. The Labute approximate surface area is 99.5 Å². The Balaban J connectivity index is 2.11. The molecule has 1 saturated heterocycles. The molecule has 1 aliphatic rings. The Bertz CT molecular complexity index is 378. The Hall–Kier alpha value is -1.03. The summed E-state index contributed by atoms with van der Waals surface area (Å²) >= 11 is 5.59. The number of nitrogens with zero attached hydrogens (tertiary/aromatic N) is 2. The van der Waals surface area contributed by atoms with Crippen LogP contribution < -0.4 is 0 Å². The van der Waals surface area contributed by atoms with Gasteiger partial charge in [-0.3, -0.25) is 4.79 Å². The van der Waals surface area contributed by atoms with Gasteiger partial charge in [-0.1, -0.05) is 5.16 Å². The summed E-state index contributed by atoms with van der Waals surface area (Å²) in [6, 6.07) is 1.95. The third kappa shape index (κ3) is 2.21. The van der Waals surface area contributed by atoms with Crippen molar-refractivity contribution in [2.45, 2.75) is 32.2 Å².